The van der Waals surface area contributed by atoms with E-state index >= 15 is 0 Å². The normalized spacial score (nSPS) is 28.8. The monoisotopic (exact) mass is 242 g/mol. The summed E-state index contributed by atoms with van der Waals surface area (Å²) >= 11 is 0. The molecule has 0 bridgehead atoms. The van der Waals surface area contributed by atoms with Gasteiger partial charge in [0.05, 0.1) is 37.1 Å². The lowest BCUT2D eigenvalue weighted by molar-refractivity contribution is -0.140. The van der Waals surface area contributed by atoms with Gasteiger partial charge in [0.1, 0.15) is 0 Å². The van der Waals surface area contributed by atoms with Crippen molar-refractivity contribution in [1.29, 1.82) is 0 Å². The molecule has 0 aromatic heterocycles. The molecule has 0 saturated carbocycles. The molecule has 4 heteroatoms. The van der Waals surface area contributed by atoms with Gasteiger partial charge < -0.3 is 14.2 Å². The highest BCUT2D eigenvalue weighted by molar-refractivity contribution is 5.87. The summed E-state index contributed by atoms with van der Waals surface area (Å²) in [6, 6.07) is 0. The molecule has 4 nitrogen and oxygen atoms in total. The van der Waals surface area contributed by atoms with E-state index in [0.29, 0.717) is 12.2 Å². The predicted octanol–water partition coefficient (Wildman–Crippen LogP) is 2.08. The molecule has 1 aliphatic heterocycles. The molecule has 0 amide bonds. The van der Waals surface area contributed by atoms with E-state index in [1.54, 1.807) is 6.92 Å². The average molecular weight is 242 g/mol. The maximum absolute atomic E-state index is 11.3. The van der Waals surface area contributed by atoms with Crippen molar-refractivity contribution >= 4 is 5.97 Å². The maximum atomic E-state index is 11.3. The highest BCUT2D eigenvalue weighted by Crippen LogP contribution is 2.21. The molecule has 0 radical (unpaired) electrons. The van der Waals surface area contributed by atoms with Crippen LogP contribution in [0.1, 0.15) is 33.6 Å². The minimum Gasteiger partial charge on any atom is -0.463 e. The Labute approximate surface area is 103 Å². The van der Waals surface area contributed by atoms with E-state index in [4.69, 9.17) is 14.2 Å². The van der Waals surface area contributed by atoms with Gasteiger partial charge in [-0.05, 0) is 33.6 Å². The van der Waals surface area contributed by atoms with Crippen molar-refractivity contribution < 1.29 is 19.0 Å². The van der Waals surface area contributed by atoms with E-state index in [-0.39, 0.29) is 30.9 Å². The Hall–Kier alpha value is -0.870. The zero-order chi connectivity index (χ0) is 12.8. The van der Waals surface area contributed by atoms with Gasteiger partial charge in [0, 0.05) is 0 Å². The molecular weight excluding hydrogens is 220 g/mol. The minimum absolute atomic E-state index is 0.139. The van der Waals surface area contributed by atoms with Crippen LogP contribution < -0.4 is 0 Å². The Balaban J connectivity index is 2.30. The number of ether oxygens (including phenoxy) is 3. The molecule has 0 aliphatic carbocycles. The van der Waals surface area contributed by atoms with Gasteiger partial charge in [-0.15, -0.1) is 0 Å². The van der Waals surface area contributed by atoms with Crippen LogP contribution >= 0.6 is 0 Å². The third kappa shape index (κ3) is 4.88. The Morgan fingerprint density at radius 1 is 1.35 bits per heavy atom. The lowest BCUT2D eigenvalue weighted by Gasteiger charge is -2.32. The maximum Gasteiger partial charge on any atom is 0.335 e. The van der Waals surface area contributed by atoms with E-state index in [1.165, 1.54) is 0 Å². The van der Waals surface area contributed by atoms with Gasteiger partial charge in [0.2, 0.25) is 0 Å². The summed E-state index contributed by atoms with van der Waals surface area (Å²) < 4.78 is 16.1. The van der Waals surface area contributed by atoms with Crippen molar-refractivity contribution in [2.75, 3.05) is 13.2 Å². The molecule has 1 heterocycles. The van der Waals surface area contributed by atoms with Crippen molar-refractivity contribution in [3.05, 3.63) is 12.2 Å². The van der Waals surface area contributed by atoms with Crippen LogP contribution in [-0.2, 0) is 19.0 Å². The summed E-state index contributed by atoms with van der Waals surface area (Å²) in [5.74, 6) is -0.374. The second-order valence-corrected chi connectivity index (χ2v) is 4.49. The number of carbonyl (C=O) groups excluding carboxylic acids is 1. The summed E-state index contributed by atoms with van der Waals surface area (Å²) in [6.07, 6.45) is 2.28. The molecule has 1 fully saturated rings. The molecular formula is C13H22O4. The highest BCUT2D eigenvalue weighted by Gasteiger charge is 2.25. The van der Waals surface area contributed by atoms with E-state index < -0.39 is 0 Å². The molecule has 0 N–H and O–H groups in total. The molecule has 1 saturated heterocycles. The largest absolute Gasteiger partial charge is 0.463 e. The first kappa shape index (κ1) is 14.2. The zero-order valence-electron chi connectivity index (χ0n) is 10.9. The second kappa shape index (κ2) is 6.77. The molecule has 98 valence electrons. The van der Waals surface area contributed by atoms with Crippen LogP contribution in [0.5, 0.6) is 0 Å². The molecule has 0 aromatic carbocycles. The van der Waals surface area contributed by atoms with Crippen LogP contribution in [0.4, 0.5) is 0 Å². The number of hydrogen-bond donors (Lipinski definition) is 0. The third-order valence-corrected chi connectivity index (χ3v) is 2.71. The van der Waals surface area contributed by atoms with Crippen molar-refractivity contribution in [2.45, 2.75) is 51.9 Å². The lowest BCUT2D eigenvalue weighted by atomic mass is 10.0. The van der Waals surface area contributed by atoms with Crippen LogP contribution in [0.15, 0.2) is 12.2 Å². The van der Waals surface area contributed by atoms with E-state index in [1.807, 2.05) is 13.8 Å². The van der Waals surface area contributed by atoms with Gasteiger partial charge in [-0.3, -0.25) is 0 Å². The standard InChI is InChI=1S/C13H22O4/c1-5-15-13(14)9(2)8-16-12-6-10(3)17-11(4)7-12/h10-12H,2,5-8H2,1,3-4H3. The molecule has 0 aromatic rings. The topological polar surface area (TPSA) is 44.8 Å². The summed E-state index contributed by atoms with van der Waals surface area (Å²) in [6.45, 7) is 10.1. The summed E-state index contributed by atoms with van der Waals surface area (Å²) in [7, 11) is 0. The van der Waals surface area contributed by atoms with Crippen LogP contribution in [0, 0.1) is 0 Å². The fourth-order valence-corrected chi connectivity index (χ4v) is 1.99. The summed E-state index contributed by atoms with van der Waals surface area (Å²) in [5, 5.41) is 0. The van der Waals surface area contributed by atoms with Crippen molar-refractivity contribution in [3.8, 4) is 0 Å². The van der Waals surface area contributed by atoms with Crippen LogP contribution in [0.25, 0.3) is 0 Å². The molecule has 1 rings (SSSR count). The van der Waals surface area contributed by atoms with Gasteiger partial charge in [-0.2, -0.15) is 0 Å². The van der Waals surface area contributed by atoms with E-state index in [9.17, 15) is 4.79 Å². The van der Waals surface area contributed by atoms with Gasteiger partial charge in [-0.1, -0.05) is 6.58 Å². The SMILES string of the molecule is C=C(COC1CC(C)OC(C)C1)C(=O)OCC. The fourth-order valence-electron chi connectivity index (χ4n) is 1.99. The first-order valence-electron chi connectivity index (χ1n) is 6.14. The minimum atomic E-state index is -0.374. The first-order valence-corrected chi connectivity index (χ1v) is 6.14. The Bertz CT molecular complexity index is 265. The molecule has 2 atom stereocenters. The first-order chi connectivity index (χ1) is 8.02. The zero-order valence-corrected chi connectivity index (χ0v) is 10.9. The van der Waals surface area contributed by atoms with Crippen LogP contribution in [0.3, 0.4) is 0 Å². The quantitative estimate of drug-likeness (QED) is 0.547. The van der Waals surface area contributed by atoms with Crippen LogP contribution in [-0.4, -0.2) is 37.5 Å². The van der Waals surface area contributed by atoms with Gasteiger partial charge in [0.25, 0.3) is 0 Å². The molecule has 0 spiro atoms. The van der Waals surface area contributed by atoms with Gasteiger partial charge >= 0.3 is 5.97 Å². The number of carbonyl (C=O) groups is 1. The molecule has 17 heavy (non-hydrogen) atoms. The van der Waals surface area contributed by atoms with Crippen molar-refractivity contribution in [3.63, 3.8) is 0 Å². The highest BCUT2D eigenvalue weighted by atomic mass is 16.5. The Morgan fingerprint density at radius 3 is 2.47 bits per heavy atom. The number of rotatable bonds is 5. The number of hydrogen-bond acceptors (Lipinski definition) is 4. The molecule has 1 aliphatic rings. The summed E-state index contributed by atoms with van der Waals surface area (Å²) in [5.41, 5.74) is 0.374. The Kier molecular flexibility index (Phi) is 5.65. The third-order valence-electron chi connectivity index (χ3n) is 2.71. The predicted molar refractivity (Wildman–Crippen MR) is 64.8 cm³/mol. The lowest BCUT2D eigenvalue weighted by Crippen LogP contribution is -2.34. The average Bonchev–Trinajstić information content (AvgIpc) is 2.25. The van der Waals surface area contributed by atoms with Crippen LogP contribution in [0.2, 0.25) is 0 Å². The van der Waals surface area contributed by atoms with E-state index in [0.717, 1.165) is 12.8 Å². The fraction of sp³-hybridized carbons (Fsp3) is 0.769. The van der Waals surface area contributed by atoms with Crippen molar-refractivity contribution in [1.82, 2.24) is 0 Å². The van der Waals surface area contributed by atoms with Crippen molar-refractivity contribution in [2.24, 2.45) is 0 Å². The van der Waals surface area contributed by atoms with Gasteiger partial charge in [-0.25, -0.2) is 4.79 Å². The van der Waals surface area contributed by atoms with Gasteiger partial charge in [0.15, 0.2) is 0 Å². The summed E-state index contributed by atoms with van der Waals surface area (Å²) in [4.78, 5) is 11.3. The smallest absolute Gasteiger partial charge is 0.335 e. The number of esters is 1. The second-order valence-electron chi connectivity index (χ2n) is 4.49. The molecule has 2 unspecified atom stereocenters. The van der Waals surface area contributed by atoms with E-state index in [2.05, 4.69) is 6.58 Å². The Morgan fingerprint density at radius 2 is 1.94 bits per heavy atom.